The molecule has 1 aliphatic rings. The molecule has 1 saturated heterocycles. The van der Waals surface area contributed by atoms with Crippen LogP contribution in [0.4, 0.5) is 11.8 Å². The minimum atomic E-state index is -0.711. The number of nitrogens with two attached hydrogens (primary N) is 3. The molecular weight excluding hydrogens is 399 g/mol. The van der Waals surface area contributed by atoms with Crippen LogP contribution in [0, 0.1) is 0 Å². The normalized spacial score (nSPS) is 16.2. The minimum absolute atomic E-state index is 0.0183. The number of primary amides is 1. The van der Waals surface area contributed by atoms with Crippen molar-refractivity contribution in [1.29, 1.82) is 0 Å². The third kappa shape index (κ3) is 4.01. The van der Waals surface area contributed by atoms with Gasteiger partial charge in [0.05, 0.1) is 15.6 Å². The number of carbonyl (C=O) groups is 1. The fraction of sp³-hybridized carbons (Fsp3) is 0.421. The van der Waals surface area contributed by atoms with E-state index in [0.717, 1.165) is 25.7 Å². The van der Waals surface area contributed by atoms with Crippen LogP contribution in [0.1, 0.15) is 43.1 Å². The number of halogens is 2. The smallest absolute Gasteiger partial charge is 0.268 e. The van der Waals surface area contributed by atoms with Gasteiger partial charge in [0.15, 0.2) is 0 Å². The lowest BCUT2D eigenvalue weighted by Crippen LogP contribution is -2.50. The van der Waals surface area contributed by atoms with Crippen molar-refractivity contribution in [2.45, 2.75) is 38.1 Å². The van der Waals surface area contributed by atoms with Gasteiger partial charge in [-0.1, -0.05) is 48.7 Å². The molecule has 0 bridgehead atoms. The number of anilines is 2. The number of nitrogen functional groups attached to an aromatic ring is 1. The first-order valence-corrected chi connectivity index (χ1v) is 9.97. The Morgan fingerprint density at radius 3 is 2.54 bits per heavy atom. The number of rotatable bonds is 5. The second kappa shape index (κ2) is 8.11. The van der Waals surface area contributed by atoms with Crippen LogP contribution in [0.15, 0.2) is 18.2 Å². The summed E-state index contributed by atoms with van der Waals surface area (Å²) in [5, 5.41) is 0.601. The second-order valence-electron chi connectivity index (χ2n) is 7.20. The van der Waals surface area contributed by atoms with Crippen molar-refractivity contribution in [1.82, 2.24) is 9.97 Å². The van der Waals surface area contributed by atoms with Crippen LogP contribution in [0.25, 0.3) is 11.1 Å². The van der Waals surface area contributed by atoms with Gasteiger partial charge in [-0.2, -0.15) is 4.98 Å². The standard InChI is InChI=1S/C19H24Cl2N6O/c1-2-6-19(24)7-9-27(10-8-19)18-25-15(17(23)28)13(16(22)26-18)11-4-3-5-12(20)14(11)21/h3-5H,2,6-10,24H2,1H3,(H2,23,28)(H2,22,25,26). The lowest BCUT2D eigenvalue weighted by Gasteiger charge is -2.39. The number of piperidine rings is 1. The van der Waals surface area contributed by atoms with Crippen LogP contribution in [-0.4, -0.2) is 34.5 Å². The average molecular weight is 423 g/mol. The van der Waals surface area contributed by atoms with Gasteiger partial charge in [-0.05, 0) is 25.3 Å². The molecule has 0 atom stereocenters. The molecular formula is C19H24Cl2N6O. The van der Waals surface area contributed by atoms with Crippen LogP contribution < -0.4 is 22.1 Å². The van der Waals surface area contributed by atoms with Crippen molar-refractivity contribution >= 4 is 40.9 Å². The van der Waals surface area contributed by atoms with E-state index < -0.39 is 5.91 Å². The number of hydrogen-bond donors (Lipinski definition) is 3. The molecule has 0 radical (unpaired) electrons. The Bertz CT molecular complexity index is 896. The lowest BCUT2D eigenvalue weighted by atomic mass is 9.85. The highest BCUT2D eigenvalue weighted by Crippen LogP contribution is 2.38. The number of hydrogen-bond acceptors (Lipinski definition) is 6. The second-order valence-corrected chi connectivity index (χ2v) is 7.98. The first-order valence-electron chi connectivity index (χ1n) is 9.21. The molecule has 1 aromatic carbocycles. The zero-order valence-corrected chi connectivity index (χ0v) is 17.2. The Morgan fingerprint density at radius 2 is 1.93 bits per heavy atom. The molecule has 1 aliphatic heterocycles. The van der Waals surface area contributed by atoms with Gasteiger partial charge < -0.3 is 22.1 Å². The van der Waals surface area contributed by atoms with Crippen molar-refractivity contribution in [3.8, 4) is 11.1 Å². The summed E-state index contributed by atoms with van der Waals surface area (Å²) in [6, 6.07) is 5.05. The number of carbonyl (C=O) groups excluding carboxylic acids is 1. The number of nitrogens with zero attached hydrogens (tertiary/aromatic N) is 3. The highest BCUT2D eigenvalue weighted by atomic mass is 35.5. The number of aromatic nitrogens is 2. The van der Waals surface area contributed by atoms with E-state index in [1.807, 2.05) is 4.90 Å². The van der Waals surface area contributed by atoms with E-state index in [9.17, 15) is 4.79 Å². The number of benzene rings is 1. The van der Waals surface area contributed by atoms with Gasteiger partial charge in [-0.3, -0.25) is 4.79 Å². The first kappa shape index (κ1) is 20.6. The van der Waals surface area contributed by atoms with Gasteiger partial charge in [0.25, 0.3) is 5.91 Å². The Morgan fingerprint density at radius 1 is 1.25 bits per heavy atom. The van der Waals surface area contributed by atoms with Crippen LogP contribution in [0.2, 0.25) is 10.0 Å². The first-order chi connectivity index (χ1) is 13.3. The summed E-state index contributed by atoms with van der Waals surface area (Å²) in [7, 11) is 0. The fourth-order valence-electron chi connectivity index (χ4n) is 3.65. The fourth-order valence-corrected chi connectivity index (χ4v) is 4.04. The molecule has 1 amide bonds. The van der Waals surface area contributed by atoms with Gasteiger partial charge in [0, 0.05) is 24.2 Å². The summed E-state index contributed by atoms with van der Waals surface area (Å²) in [5.41, 5.74) is 18.9. The highest BCUT2D eigenvalue weighted by Gasteiger charge is 2.31. The molecule has 1 aromatic heterocycles. The van der Waals surface area contributed by atoms with Gasteiger partial charge in [0.2, 0.25) is 5.95 Å². The molecule has 0 spiro atoms. The van der Waals surface area contributed by atoms with E-state index in [4.69, 9.17) is 40.4 Å². The molecule has 1 fully saturated rings. The summed E-state index contributed by atoms with van der Waals surface area (Å²) in [4.78, 5) is 22.9. The molecule has 2 heterocycles. The summed E-state index contributed by atoms with van der Waals surface area (Å²) >= 11 is 12.4. The summed E-state index contributed by atoms with van der Waals surface area (Å²) in [5.74, 6) is -0.217. The van der Waals surface area contributed by atoms with E-state index in [1.165, 1.54) is 0 Å². The lowest BCUT2D eigenvalue weighted by molar-refractivity contribution is 0.0996. The molecule has 9 heteroatoms. The monoisotopic (exact) mass is 422 g/mol. The molecule has 0 saturated carbocycles. The molecule has 0 unspecified atom stereocenters. The molecule has 7 nitrogen and oxygen atoms in total. The van der Waals surface area contributed by atoms with Crippen LogP contribution in [0.5, 0.6) is 0 Å². The Balaban J connectivity index is 1.99. The van der Waals surface area contributed by atoms with E-state index >= 15 is 0 Å². The van der Waals surface area contributed by atoms with E-state index in [-0.39, 0.29) is 22.1 Å². The van der Waals surface area contributed by atoms with Crippen molar-refractivity contribution < 1.29 is 4.79 Å². The quantitative estimate of drug-likeness (QED) is 0.678. The van der Waals surface area contributed by atoms with E-state index in [1.54, 1.807) is 18.2 Å². The molecule has 3 rings (SSSR count). The van der Waals surface area contributed by atoms with Crippen LogP contribution in [0.3, 0.4) is 0 Å². The maximum Gasteiger partial charge on any atom is 0.268 e. The average Bonchev–Trinajstić information content (AvgIpc) is 2.64. The van der Waals surface area contributed by atoms with Gasteiger partial charge >= 0.3 is 0 Å². The predicted octanol–water partition coefficient (Wildman–Crippen LogP) is 3.23. The molecule has 0 aliphatic carbocycles. The third-order valence-corrected chi connectivity index (χ3v) is 5.99. The van der Waals surface area contributed by atoms with Crippen molar-refractivity contribution in [2.24, 2.45) is 11.5 Å². The Hall–Kier alpha value is -2.09. The SMILES string of the molecule is CCCC1(N)CCN(c2nc(N)c(-c3cccc(Cl)c3Cl)c(C(N)=O)n2)CC1. The summed E-state index contributed by atoms with van der Waals surface area (Å²) < 4.78 is 0. The summed E-state index contributed by atoms with van der Waals surface area (Å²) in [6.45, 7) is 3.50. The zero-order chi connectivity index (χ0) is 20.5. The summed E-state index contributed by atoms with van der Waals surface area (Å²) in [6.07, 6.45) is 3.65. The third-order valence-electron chi connectivity index (χ3n) is 5.17. The van der Waals surface area contributed by atoms with E-state index in [0.29, 0.717) is 35.2 Å². The highest BCUT2D eigenvalue weighted by molar-refractivity contribution is 6.44. The van der Waals surface area contributed by atoms with Gasteiger partial charge in [-0.25, -0.2) is 4.98 Å². The maximum absolute atomic E-state index is 12.1. The molecule has 150 valence electrons. The predicted molar refractivity (Wildman–Crippen MR) is 114 cm³/mol. The zero-order valence-electron chi connectivity index (χ0n) is 15.7. The minimum Gasteiger partial charge on any atom is -0.383 e. The topological polar surface area (TPSA) is 124 Å². The maximum atomic E-state index is 12.1. The van der Waals surface area contributed by atoms with Gasteiger partial charge in [-0.15, -0.1) is 0 Å². The largest absolute Gasteiger partial charge is 0.383 e. The molecule has 6 N–H and O–H groups in total. The van der Waals surface area contributed by atoms with Crippen molar-refractivity contribution in [3.05, 3.63) is 33.9 Å². The van der Waals surface area contributed by atoms with Crippen LogP contribution >= 0.6 is 23.2 Å². The number of amides is 1. The van der Waals surface area contributed by atoms with Crippen LogP contribution in [-0.2, 0) is 0 Å². The molecule has 28 heavy (non-hydrogen) atoms. The molecule has 2 aromatic rings. The van der Waals surface area contributed by atoms with E-state index in [2.05, 4.69) is 16.9 Å². The van der Waals surface area contributed by atoms with Crippen molar-refractivity contribution in [2.75, 3.05) is 23.7 Å². The Labute approximate surface area is 174 Å². The van der Waals surface area contributed by atoms with Crippen molar-refractivity contribution in [3.63, 3.8) is 0 Å². The van der Waals surface area contributed by atoms with Gasteiger partial charge in [0.1, 0.15) is 11.5 Å². The Kier molecular flexibility index (Phi) is 5.98.